The lowest BCUT2D eigenvalue weighted by atomic mass is 10.2. The molecule has 2 aromatic carbocycles. The monoisotopic (exact) mass is 295 g/mol. The molecule has 0 unspecified atom stereocenters. The van der Waals surface area contributed by atoms with E-state index in [9.17, 15) is 9.59 Å². The van der Waals surface area contributed by atoms with Crippen molar-refractivity contribution in [2.45, 2.75) is 0 Å². The maximum absolute atomic E-state index is 11.9. The fraction of sp³-hybridized carbons (Fsp3) is 0. The first kappa shape index (κ1) is 13.6. The lowest BCUT2D eigenvalue weighted by Gasteiger charge is -2.09. The van der Waals surface area contributed by atoms with Crippen molar-refractivity contribution in [2.75, 3.05) is 10.7 Å². The zero-order valence-electron chi connectivity index (χ0n) is 11.5. The fourth-order valence-corrected chi connectivity index (χ4v) is 1.95. The Morgan fingerprint density at radius 2 is 1.73 bits per heavy atom. The normalized spacial score (nSPS) is 10.2. The van der Waals surface area contributed by atoms with E-state index >= 15 is 0 Å². The molecule has 0 bridgehead atoms. The third-order valence-electron chi connectivity index (χ3n) is 2.94. The SMILES string of the molecule is O=C(NNc1nc2ccccc2c(=O)[nH]1)Nc1ccccc1. The van der Waals surface area contributed by atoms with Crippen LogP contribution < -0.4 is 21.7 Å². The van der Waals surface area contributed by atoms with Crippen LogP contribution in [-0.4, -0.2) is 16.0 Å². The highest BCUT2D eigenvalue weighted by Crippen LogP contribution is 2.07. The lowest BCUT2D eigenvalue weighted by molar-refractivity contribution is 0.253. The number of carbonyl (C=O) groups is 1. The number of nitrogens with one attached hydrogen (secondary N) is 4. The minimum absolute atomic E-state index is 0.159. The molecule has 2 amide bonds. The first-order chi connectivity index (χ1) is 10.7. The van der Waals surface area contributed by atoms with Gasteiger partial charge in [-0.25, -0.2) is 15.2 Å². The molecule has 1 heterocycles. The molecule has 1 aromatic heterocycles. The van der Waals surface area contributed by atoms with Crippen molar-refractivity contribution in [1.82, 2.24) is 15.4 Å². The molecule has 0 radical (unpaired) electrons. The van der Waals surface area contributed by atoms with Gasteiger partial charge in [0.1, 0.15) is 0 Å². The molecule has 7 heteroatoms. The van der Waals surface area contributed by atoms with E-state index in [1.54, 1.807) is 36.4 Å². The van der Waals surface area contributed by atoms with Crippen LogP contribution in [0.3, 0.4) is 0 Å². The van der Waals surface area contributed by atoms with Gasteiger partial charge >= 0.3 is 6.03 Å². The summed E-state index contributed by atoms with van der Waals surface area (Å²) in [6.07, 6.45) is 0. The maximum Gasteiger partial charge on any atom is 0.337 e. The number of fused-ring (bicyclic) bond motifs is 1. The largest absolute Gasteiger partial charge is 0.337 e. The Labute approximate surface area is 125 Å². The van der Waals surface area contributed by atoms with Crippen LogP contribution in [0, 0.1) is 0 Å². The van der Waals surface area contributed by atoms with Crippen LogP contribution in [0.4, 0.5) is 16.4 Å². The molecule has 3 aromatic rings. The number of hydrazine groups is 1. The van der Waals surface area contributed by atoms with Crippen molar-refractivity contribution < 1.29 is 4.79 Å². The second-order valence-corrected chi connectivity index (χ2v) is 4.50. The number of aromatic amines is 1. The summed E-state index contributed by atoms with van der Waals surface area (Å²) in [5.74, 6) is 0.159. The Morgan fingerprint density at radius 3 is 2.55 bits per heavy atom. The van der Waals surface area contributed by atoms with E-state index in [1.165, 1.54) is 0 Å². The first-order valence-corrected chi connectivity index (χ1v) is 6.59. The molecule has 0 saturated heterocycles. The summed E-state index contributed by atoms with van der Waals surface area (Å²) < 4.78 is 0. The number of para-hydroxylation sites is 2. The summed E-state index contributed by atoms with van der Waals surface area (Å²) in [5.41, 5.74) is 5.89. The number of nitrogens with zero attached hydrogens (tertiary/aromatic N) is 1. The number of H-pyrrole nitrogens is 1. The average molecular weight is 295 g/mol. The topological polar surface area (TPSA) is 98.9 Å². The quantitative estimate of drug-likeness (QED) is 0.556. The van der Waals surface area contributed by atoms with E-state index in [2.05, 4.69) is 26.1 Å². The summed E-state index contributed by atoms with van der Waals surface area (Å²) in [4.78, 5) is 30.4. The highest BCUT2D eigenvalue weighted by molar-refractivity contribution is 5.89. The Balaban J connectivity index is 1.69. The first-order valence-electron chi connectivity index (χ1n) is 6.59. The molecular weight excluding hydrogens is 282 g/mol. The predicted molar refractivity (Wildman–Crippen MR) is 84.6 cm³/mol. The summed E-state index contributed by atoms with van der Waals surface area (Å²) in [7, 11) is 0. The highest BCUT2D eigenvalue weighted by atomic mass is 16.2. The molecule has 4 N–H and O–H groups in total. The standard InChI is InChI=1S/C15H13N5O2/c21-13-11-8-4-5-9-12(11)17-14(18-13)19-20-15(22)16-10-6-2-1-3-7-10/h1-9H,(H2,16,20,22)(H2,17,18,19,21). The number of amides is 2. The summed E-state index contributed by atoms with van der Waals surface area (Å²) in [6, 6.07) is 15.5. The smallest absolute Gasteiger partial charge is 0.307 e. The number of hydrogen-bond donors (Lipinski definition) is 4. The molecule has 0 fully saturated rings. The summed E-state index contributed by atoms with van der Waals surface area (Å²) in [6.45, 7) is 0. The molecule has 3 rings (SSSR count). The molecule has 110 valence electrons. The number of benzene rings is 2. The number of anilines is 2. The van der Waals surface area contributed by atoms with Gasteiger partial charge in [-0.15, -0.1) is 0 Å². The Morgan fingerprint density at radius 1 is 1.00 bits per heavy atom. The molecule has 22 heavy (non-hydrogen) atoms. The molecule has 0 aliphatic carbocycles. The van der Waals surface area contributed by atoms with E-state index in [0.29, 0.717) is 16.6 Å². The Bertz CT molecular complexity index is 860. The van der Waals surface area contributed by atoms with E-state index in [4.69, 9.17) is 0 Å². The summed E-state index contributed by atoms with van der Waals surface area (Å²) >= 11 is 0. The number of carbonyl (C=O) groups excluding carboxylic acids is 1. The maximum atomic E-state index is 11.9. The number of aromatic nitrogens is 2. The van der Waals surface area contributed by atoms with Gasteiger partial charge in [0.25, 0.3) is 5.56 Å². The molecule has 0 saturated carbocycles. The van der Waals surface area contributed by atoms with E-state index in [-0.39, 0.29) is 11.5 Å². The minimum atomic E-state index is -0.470. The van der Waals surface area contributed by atoms with Gasteiger partial charge in [0, 0.05) is 5.69 Å². The van der Waals surface area contributed by atoms with Gasteiger partial charge in [-0.2, -0.15) is 0 Å². The van der Waals surface area contributed by atoms with E-state index in [1.807, 2.05) is 18.2 Å². The fourth-order valence-electron chi connectivity index (χ4n) is 1.95. The van der Waals surface area contributed by atoms with Crippen molar-refractivity contribution in [2.24, 2.45) is 0 Å². The van der Waals surface area contributed by atoms with Gasteiger partial charge in [-0.1, -0.05) is 30.3 Å². The van der Waals surface area contributed by atoms with Gasteiger partial charge in [0.2, 0.25) is 5.95 Å². The zero-order chi connectivity index (χ0) is 15.4. The van der Waals surface area contributed by atoms with Crippen molar-refractivity contribution >= 4 is 28.6 Å². The molecule has 7 nitrogen and oxygen atoms in total. The lowest BCUT2D eigenvalue weighted by Crippen LogP contribution is -2.34. The van der Waals surface area contributed by atoms with Crippen LogP contribution in [0.5, 0.6) is 0 Å². The molecule has 0 aliphatic rings. The molecule has 0 spiro atoms. The van der Waals surface area contributed by atoms with Gasteiger partial charge in [-0.3, -0.25) is 15.2 Å². The van der Waals surface area contributed by atoms with Crippen molar-refractivity contribution in [1.29, 1.82) is 0 Å². The van der Waals surface area contributed by atoms with Gasteiger partial charge in [0.15, 0.2) is 0 Å². The predicted octanol–water partition coefficient (Wildman–Crippen LogP) is 2.07. The zero-order valence-corrected chi connectivity index (χ0v) is 11.5. The molecule has 0 atom stereocenters. The van der Waals surface area contributed by atoms with Gasteiger partial charge < -0.3 is 5.32 Å². The average Bonchev–Trinajstić information content (AvgIpc) is 2.54. The number of rotatable bonds is 3. The van der Waals surface area contributed by atoms with Crippen molar-refractivity contribution in [3.05, 3.63) is 65.0 Å². The van der Waals surface area contributed by atoms with Crippen LogP contribution >= 0.6 is 0 Å². The van der Waals surface area contributed by atoms with Crippen molar-refractivity contribution in [3.8, 4) is 0 Å². The molecule has 0 aliphatic heterocycles. The van der Waals surface area contributed by atoms with Crippen LogP contribution in [0.25, 0.3) is 10.9 Å². The molecular formula is C15H13N5O2. The Kier molecular flexibility index (Phi) is 3.69. The van der Waals surface area contributed by atoms with E-state index in [0.717, 1.165) is 0 Å². The van der Waals surface area contributed by atoms with Crippen LogP contribution in [0.15, 0.2) is 59.4 Å². The third kappa shape index (κ3) is 3.04. The highest BCUT2D eigenvalue weighted by Gasteiger charge is 2.04. The summed E-state index contributed by atoms with van der Waals surface area (Å²) in [5, 5.41) is 3.12. The second-order valence-electron chi connectivity index (χ2n) is 4.50. The van der Waals surface area contributed by atoms with Crippen molar-refractivity contribution in [3.63, 3.8) is 0 Å². The van der Waals surface area contributed by atoms with Gasteiger partial charge in [0.05, 0.1) is 10.9 Å². The van der Waals surface area contributed by atoms with Crippen LogP contribution in [-0.2, 0) is 0 Å². The van der Waals surface area contributed by atoms with Crippen LogP contribution in [0.1, 0.15) is 0 Å². The Hall–Kier alpha value is -3.35. The van der Waals surface area contributed by atoms with Crippen LogP contribution in [0.2, 0.25) is 0 Å². The number of hydrogen-bond acceptors (Lipinski definition) is 4. The van der Waals surface area contributed by atoms with E-state index < -0.39 is 6.03 Å². The van der Waals surface area contributed by atoms with Gasteiger partial charge in [-0.05, 0) is 24.3 Å². The minimum Gasteiger partial charge on any atom is -0.307 e. The second kappa shape index (κ2) is 5.96. The third-order valence-corrected chi connectivity index (χ3v) is 2.94. The number of urea groups is 1.